The third-order valence-electron chi connectivity index (χ3n) is 3.46. The van der Waals surface area contributed by atoms with Crippen molar-refractivity contribution in [1.29, 1.82) is 0 Å². The molecule has 1 aromatic rings. The second kappa shape index (κ2) is 7.36. The van der Waals surface area contributed by atoms with Gasteiger partial charge in [-0.2, -0.15) is 0 Å². The molecule has 0 aromatic heterocycles. The third-order valence-corrected chi connectivity index (χ3v) is 3.46. The molecule has 0 saturated heterocycles. The molecule has 0 aliphatic carbocycles. The van der Waals surface area contributed by atoms with Gasteiger partial charge in [-0.25, -0.2) is 0 Å². The zero-order chi connectivity index (χ0) is 13.5. The van der Waals surface area contributed by atoms with Crippen LogP contribution in [0.1, 0.15) is 19.4 Å². The summed E-state index contributed by atoms with van der Waals surface area (Å²) in [4.78, 5) is 2.41. The summed E-state index contributed by atoms with van der Waals surface area (Å²) in [6, 6.07) is 6.08. The van der Waals surface area contributed by atoms with E-state index in [2.05, 4.69) is 30.1 Å². The highest BCUT2D eigenvalue weighted by Crippen LogP contribution is 2.33. The molecule has 0 radical (unpaired) electrons. The van der Waals surface area contributed by atoms with Crippen molar-refractivity contribution in [1.82, 2.24) is 10.2 Å². The first-order valence-corrected chi connectivity index (χ1v) is 7.15. The van der Waals surface area contributed by atoms with Crippen LogP contribution in [-0.2, 0) is 6.54 Å². The number of hydrogen-bond donors (Lipinski definition) is 1. The minimum atomic E-state index is 0.642. The Kier molecular flexibility index (Phi) is 5.48. The fourth-order valence-corrected chi connectivity index (χ4v) is 2.27. The van der Waals surface area contributed by atoms with Gasteiger partial charge in [0.25, 0.3) is 0 Å². The molecule has 0 atom stereocenters. The second-order valence-corrected chi connectivity index (χ2v) is 4.64. The number of likely N-dealkylation sites (N-methyl/N-ethyl adjacent to an activating group) is 1. The van der Waals surface area contributed by atoms with Gasteiger partial charge in [0.2, 0.25) is 0 Å². The standard InChI is InChI=1S/C15H24N2O2/c1-3-17(4-2)9-8-16-12-13-6-5-7-14-15(13)19-11-10-18-14/h5-7,16H,3-4,8-12H2,1-2H3. The number of rotatable bonds is 7. The van der Waals surface area contributed by atoms with Crippen LogP contribution in [0.2, 0.25) is 0 Å². The third kappa shape index (κ3) is 3.85. The Morgan fingerprint density at radius 1 is 1.16 bits per heavy atom. The molecule has 106 valence electrons. The van der Waals surface area contributed by atoms with Crippen LogP contribution in [0, 0.1) is 0 Å². The molecule has 0 spiro atoms. The molecule has 1 aliphatic rings. The van der Waals surface area contributed by atoms with Gasteiger partial charge >= 0.3 is 0 Å². The van der Waals surface area contributed by atoms with Crippen molar-refractivity contribution in [3.8, 4) is 11.5 Å². The normalized spacial score (nSPS) is 13.8. The minimum absolute atomic E-state index is 0.642. The van der Waals surface area contributed by atoms with Crippen LogP contribution in [0.5, 0.6) is 11.5 Å². The van der Waals surface area contributed by atoms with E-state index in [1.165, 1.54) is 5.56 Å². The summed E-state index contributed by atoms with van der Waals surface area (Å²) >= 11 is 0. The molecular weight excluding hydrogens is 240 g/mol. The van der Waals surface area contributed by atoms with Gasteiger partial charge < -0.3 is 19.7 Å². The maximum absolute atomic E-state index is 5.70. The molecule has 0 amide bonds. The lowest BCUT2D eigenvalue weighted by Crippen LogP contribution is -2.31. The first-order chi connectivity index (χ1) is 9.35. The highest BCUT2D eigenvalue weighted by molar-refractivity contribution is 5.47. The van der Waals surface area contributed by atoms with Crippen molar-refractivity contribution < 1.29 is 9.47 Å². The summed E-state index contributed by atoms with van der Waals surface area (Å²) in [5.41, 5.74) is 1.18. The van der Waals surface area contributed by atoms with Gasteiger partial charge in [0.15, 0.2) is 11.5 Å². The summed E-state index contributed by atoms with van der Waals surface area (Å²) in [6.07, 6.45) is 0. The highest BCUT2D eigenvalue weighted by Gasteiger charge is 2.14. The first-order valence-electron chi connectivity index (χ1n) is 7.15. The second-order valence-electron chi connectivity index (χ2n) is 4.64. The van der Waals surface area contributed by atoms with Crippen molar-refractivity contribution >= 4 is 0 Å². The minimum Gasteiger partial charge on any atom is -0.486 e. The average Bonchev–Trinajstić information content (AvgIpc) is 2.47. The number of nitrogens with zero attached hydrogens (tertiary/aromatic N) is 1. The summed E-state index contributed by atoms with van der Waals surface area (Å²) in [6.45, 7) is 10.8. The van der Waals surface area contributed by atoms with Crippen LogP contribution in [0.25, 0.3) is 0 Å². The van der Waals surface area contributed by atoms with E-state index < -0.39 is 0 Å². The fraction of sp³-hybridized carbons (Fsp3) is 0.600. The maximum Gasteiger partial charge on any atom is 0.165 e. The van der Waals surface area contributed by atoms with E-state index in [-0.39, 0.29) is 0 Å². The molecule has 0 fully saturated rings. The zero-order valence-corrected chi connectivity index (χ0v) is 11.9. The lowest BCUT2D eigenvalue weighted by Gasteiger charge is -2.22. The predicted octanol–water partition coefficient (Wildman–Crippen LogP) is 1.89. The van der Waals surface area contributed by atoms with Crippen molar-refractivity contribution in [3.63, 3.8) is 0 Å². The van der Waals surface area contributed by atoms with Gasteiger partial charge in [0, 0.05) is 25.2 Å². The SMILES string of the molecule is CCN(CC)CCNCc1cccc2c1OCCO2. The van der Waals surface area contributed by atoms with E-state index in [9.17, 15) is 0 Å². The van der Waals surface area contributed by atoms with Crippen molar-refractivity contribution in [3.05, 3.63) is 23.8 Å². The van der Waals surface area contributed by atoms with Crippen LogP contribution in [0.4, 0.5) is 0 Å². The van der Waals surface area contributed by atoms with Crippen LogP contribution in [-0.4, -0.2) is 44.3 Å². The summed E-state index contributed by atoms with van der Waals surface area (Å²) in [5, 5.41) is 3.47. The molecule has 0 saturated carbocycles. The molecule has 2 rings (SSSR count). The lowest BCUT2D eigenvalue weighted by atomic mass is 10.1. The molecule has 0 unspecified atom stereocenters. The Balaban J connectivity index is 1.83. The van der Waals surface area contributed by atoms with E-state index in [1.807, 2.05) is 12.1 Å². The average molecular weight is 264 g/mol. The highest BCUT2D eigenvalue weighted by atomic mass is 16.6. The maximum atomic E-state index is 5.70. The molecule has 0 bridgehead atoms. The first kappa shape index (κ1) is 14.2. The van der Waals surface area contributed by atoms with Gasteiger partial charge in [0.1, 0.15) is 13.2 Å². The summed E-state index contributed by atoms with van der Waals surface area (Å²) in [5.74, 6) is 1.78. The van der Waals surface area contributed by atoms with Gasteiger partial charge in [-0.1, -0.05) is 26.0 Å². The zero-order valence-electron chi connectivity index (χ0n) is 11.9. The van der Waals surface area contributed by atoms with Gasteiger partial charge in [-0.15, -0.1) is 0 Å². The Bertz CT molecular complexity index is 392. The van der Waals surface area contributed by atoms with Gasteiger partial charge in [0.05, 0.1) is 0 Å². The van der Waals surface area contributed by atoms with Crippen LogP contribution < -0.4 is 14.8 Å². The molecular formula is C15H24N2O2. The van der Waals surface area contributed by atoms with Gasteiger partial charge in [-0.3, -0.25) is 0 Å². The van der Waals surface area contributed by atoms with Crippen LogP contribution in [0.3, 0.4) is 0 Å². The monoisotopic (exact) mass is 264 g/mol. The molecule has 19 heavy (non-hydrogen) atoms. The van der Waals surface area contributed by atoms with Gasteiger partial charge in [-0.05, 0) is 19.2 Å². The van der Waals surface area contributed by atoms with E-state index in [0.29, 0.717) is 13.2 Å². The Labute approximate surface area is 115 Å². The molecule has 4 heteroatoms. The predicted molar refractivity (Wildman–Crippen MR) is 76.9 cm³/mol. The van der Waals surface area contributed by atoms with Crippen LogP contribution in [0.15, 0.2) is 18.2 Å². The Morgan fingerprint density at radius 3 is 2.74 bits per heavy atom. The number of fused-ring (bicyclic) bond motifs is 1. The summed E-state index contributed by atoms with van der Waals surface area (Å²) in [7, 11) is 0. The molecule has 1 N–H and O–H groups in total. The fourth-order valence-electron chi connectivity index (χ4n) is 2.27. The van der Waals surface area contributed by atoms with Crippen LogP contribution >= 0.6 is 0 Å². The molecule has 1 aromatic carbocycles. The molecule has 1 heterocycles. The van der Waals surface area contributed by atoms with E-state index in [1.54, 1.807) is 0 Å². The number of benzene rings is 1. The van der Waals surface area contributed by atoms with E-state index >= 15 is 0 Å². The van der Waals surface area contributed by atoms with Crippen molar-refractivity contribution in [2.45, 2.75) is 20.4 Å². The molecule has 1 aliphatic heterocycles. The van der Waals surface area contributed by atoms with E-state index in [4.69, 9.17) is 9.47 Å². The number of nitrogens with one attached hydrogen (secondary N) is 1. The summed E-state index contributed by atoms with van der Waals surface area (Å²) < 4.78 is 11.3. The molecule has 4 nitrogen and oxygen atoms in total. The van der Waals surface area contributed by atoms with Crippen molar-refractivity contribution in [2.24, 2.45) is 0 Å². The Morgan fingerprint density at radius 2 is 1.95 bits per heavy atom. The quantitative estimate of drug-likeness (QED) is 0.763. The topological polar surface area (TPSA) is 33.7 Å². The Hall–Kier alpha value is -1.26. The van der Waals surface area contributed by atoms with E-state index in [0.717, 1.165) is 44.2 Å². The van der Waals surface area contributed by atoms with Crippen molar-refractivity contribution in [2.75, 3.05) is 39.4 Å². The number of para-hydroxylation sites is 1. The number of hydrogen-bond acceptors (Lipinski definition) is 4. The lowest BCUT2D eigenvalue weighted by molar-refractivity contribution is 0.169. The smallest absolute Gasteiger partial charge is 0.165 e. The largest absolute Gasteiger partial charge is 0.486 e. The number of ether oxygens (including phenoxy) is 2.